The summed E-state index contributed by atoms with van der Waals surface area (Å²) in [5.41, 5.74) is 14.0. The number of halogens is 1. The standard InChI is InChI=1S/C31H30BrNSi/c1-19-15-27-26(18-28(19)34(4,5)25-16-23-13-9-10-14-24(23)17-25)30-29(22-11-7-6-8-12-22)20(2)21(3)31(30)33(27)32/h6-16,18,31H,17H2,1-5H3. The van der Waals surface area contributed by atoms with Crippen molar-refractivity contribution in [2.75, 3.05) is 3.93 Å². The summed E-state index contributed by atoms with van der Waals surface area (Å²) in [7, 11) is -1.84. The van der Waals surface area contributed by atoms with E-state index in [0.717, 1.165) is 6.42 Å². The molecule has 0 aromatic heterocycles. The van der Waals surface area contributed by atoms with Crippen molar-refractivity contribution in [3.63, 3.8) is 0 Å². The van der Waals surface area contributed by atoms with Crippen molar-refractivity contribution in [3.8, 4) is 0 Å². The first-order chi connectivity index (χ1) is 16.3. The number of anilines is 1. The number of hydrogen-bond donors (Lipinski definition) is 0. The first-order valence-corrected chi connectivity index (χ1v) is 15.9. The third-order valence-electron chi connectivity index (χ3n) is 8.31. The van der Waals surface area contributed by atoms with Gasteiger partial charge in [0.15, 0.2) is 0 Å². The predicted molar refractivity (Wildman–Crippen MR) is 153 cm³/mol. The Balaban J connectivity index is 1.53. The van der Waals surface area contributed by atoms with Crippen LogP contribution in [-0.4, -0.2) is 14.1 Å². The molecule has 1 atom stereocenters. The molecule has 1 nitrogen and oxygen atoms in total. The third kappa shape index (κ3) is 3.03. The zero-order chi connectivity index (χ0) is 23.8. The molecule has 34 heavy (non-hydrogen) atoms. The average molecular weight is 525 g/mol. The molecule has 3 heteroatoms. The fourth-order valence-corrected chi connectivity index (χ4v) is 10.1. The second-order valence-electron chi connectivity index (χ2n) is 10.5. The fourth-order valence-electron chi connectivity index (χ4n) is 6.25. The number of allylic oxidation sites excluding steroid dienone is 3. The van der Waals surface area contributed by atoms with Crippen molar-refractivity contribution >= 4 is 52.3 Å². The molecule has 0 fully saturated rings. The molecule has 0 saturated heterocycles. The van der Waals surface area contributed by atoms with Crippen LogP contribution < -0.4 is 9.11 Å². The van der Waals surface area contributed by atoms with Crippen LogP contribution in [0.4, 0.5) is 5.69 Å². The Labute approximate surface area is 212 Å². The summed E-state index contributed by atoms with van der Waals surface area (Å²) < 4.78 is 2.32. The summed E-state index contributed by atoms with van der Waals surface area (Å²) in [6, 6.07) is 25.1. The lowest BCUT2D eigenvalue weighted by atomic mass is 9.93. The van der Waals surface area contributed by atoms with Crippen LogP contribution in [0.15, 0.2) is 83.1 Å². The molecule has 3 aliphatic rings. The maximum absolute atomic E-state index is 3.97. The molecular weight excluding hydrogens is 494 g/mol. The van der Waals surface area contributed by atoms with Gasteiger partial charge in [0.2, 0.25) is 0 Å². The quantitative estimate of drug-likeness (QED) is 0.249. The van der Waals surface area contributed by atoms with Crippen molar-refractivity contribution in [2.24, 2.45) is 0 Å². The molecule has 0 spiro atoms. The summed E-state index contributed by atoms with van der Waals surface area (Å²) in [6.07, 6.45) is 3.57. The Hall–Kier alpha value is -2.62. The number of rotatable bonds is 3. The van der Waals surface area contributed by atoms with Gasteiger partial charge in [0.1, 0.15) is 8.07 Å². The van der Waals surface area contributed by atoms with E-state index in [2.05, 4.69) is 127 Å². The number of fused-ring (bicyclic) bond motifs is 4. The Bertz CT molecular complexity index is 1440. The van der Waals surface area contributed by atoms with Crippen molar-refractivity contribution < 1.29 is 0 Å². The minimum absolute atomic E-state index is 0.264. The molecule has 170 valence electrons. The minimum atomic E-state index is -1.84. The Morgan fingerprint density at radius 3 is 2.35 bits per heavy atom. The fraction of sp³-hybridized carbons (Fsp3) is 0.226. The molecule has 2 aliphatic carbocycles. The highest BCUT2D eigenvalue weighted by Gasteiger charge is 2.43. The molecule has 3 aromatic carbocycles. The molecule has 1 heterocycles. The van der Waals surface area contributed by atoms with Crippen molar-refractivity contribution in [2.45, 2.75) is 46.3 Å². The van der Waals surface area contributed by atoms with Crippen LogP contribution in [0.25, 0.3) is 17.2 Å². The van der Waals surface area contributed by atoms with Gasteiger partial charge in [-0.3, -0.25) is 3.93 Å². The van der Waals surface area contributed by atoms with E-state index in [1.807, 2.05) is 0 Å². The van der Waals surface area contributed by atoms with Crippen molar-refractivity contribution in [3.05, 3.63) is 111 Å². The lowest BCUT2D eigenvalue weighted by Gasteiger charge is -2.28. The van der Waals surface area contributed by atoms with Crippen LogP contribution >= 0.6 is 16.1 Å². The predicted octanol–water partition coefficient (Wildman–Crippen LogP) is 7.85. The molecule has 0 bridgehead atoms. The summed E-state index contributed by atoms with van der Waals surface area (Å²) >= 11 is 3.97. The van der Waals surface area contributed by atoms with E-state index in [1.54, 1.807) is 10.4 Å². The number of aryl methyl sites for hydroxylation is 1. The number of nitrogens with zero attached hydrogens (tertiary/aromatic N) is 1. The molecule has 0 N–H and O–H groups in total. The second-order valence-corrected chi connectivity index (χ2v) is 15.7. The topological polar surface area (TPSA) is 3.24 Å². The second kappa shape index (κ2) is 7.69. The van der Waals surface area contributed by atoms with Crippen LogP contribution in [0.5, 0.6) is 0 Å². The van der Waals surface area contributed by atoms with Crippen LogP contribution in [0, 0.1) is 6.92 Å². The van der Waals surface area contributed by atoms with Gasteiger partial charge in [0.05, 0.1) is 27.9 Å². The first kappa shape index (κ1) is 21.9. The van der Waals surface area contributed by atoms with E-state index in [9.17, 15) is 0 Å². The maximum Gasteiger partial charge on any atom is 0.108 e. The molecule has 0 saturated carbocycles. The monoisotopic (exact) mass is 523 g/mol. The third-order valence-corrected chi connectivity index (χ3v) is 12.9. The van der Waals surface area contributed by atoms with E-state index in [4.69, 9.17) is 0 Å². The molecule has 0 radical (unpaired) electrons. The maximum atomic E-state index is 3.97. The molecule has 1 aliphatic heterocycles. The minimum Gasteiger partial charge on any atom is -0.297 e. The van der Waals surface area contributed by atoms with Gasteiger partial charge in [-0.2, -0.15) is 0 Å². The first-order valence-electron chi connectivity index (χ1n) is 12.2. The lowest BCUT2D eigenvalue weighted by molar-refractivity contribution is 1.02. The largest absolute Gasteiger partial charge is 0.297 e. The van der Waals surface area contributed by atoms with Gasteiger partial charge in [0.25, 0.3) is 0 Å². The molecule has 3 aromatic rings. The van der Waals surface area contributed by atoms with Gasteiger partial charge >= 0.3 is 0 Å². The normalized spacial score (nSPS) is 18.9. The van der Waals surface area contributed by atoms with Gasteiger partial charge in [-0.15, -0.1) is 0 Å². The van der Waals surface area contributed by atoms with Gasteiger partial charge in [-0.25, -0.2) is 0 Å². The van der Waals surface area contributed by atoms with Crippen LogP contribution in [0.2, 0.25) is 13.1 Å². The van der Waals surface area contributed by atoms with Gasteiger partial charge < -0.3 is 0 Å². The van der Waals surface area contributed by atoms with E-state index in [-0.39, 0.29) is 6.04 Å². The summed E-state index contributed by atoms with van der Waals surface area (Å²) in [6.45, 7) is 12.0. The Morgan fingerprint density at radius 2 is 1.62 bits per heavy atom. The number of benzene rings is 3. The zero-order valence-electron chi connectivity index (χ0n) is 20.5. The summed E-state index contributed by atoms with van der Waals surface area (Å²) in [5.74, 6) is 0. The molecule has 1 unspecified atom stereocenters. The molecular formula is C31H30BrNSi. The van der Waals surface area contributed by atoms with Crippen molar-refractivity contribution in [1.82, 2.24) is 0 Å². The summed E-state index contributed by atoms with van der Waals surface area (Å²) in [5, 5.41) is 3.20. The van der Waals surface area contributed by atoms with E-state index in [0.29, 0.717) is 0 Å². The zero-order valence-corrected chi connectivity index (χ0v) is 23.1. The Kier molecular flexibility index (Phi) is 4.95. The Morgan fingerprint density at radius 1 is 0.912 bits per heavy atom. The van der Waals surface area contributed by atoms with Crippen LogP contribution in [0.3, 0.4) is 0 Å². The van der Waals surface area contributed by atoms with E-state index < -0.39 is 8.07 Å². The van der Waals surface area contributed by atoms with Gasteiger partial charge in [-0.05, 0) is 77.8 Å². The highest BCUT2D eigenvalue weighted by molar-refractivity contribution is 9.10. The number of hydrogen-bond acceptors (Lipinski definition) is 1. The average Bonchev–Trinajstić information content (AvgIpc) is 3.46. The van der Waals surface area contributed by atoms with Gasteiger partial charge in [0, 0.05) is 5.56 Å². The van der Waals surface area contributed by atoms with Gasteiger partial charge in [-0.1, -0.05) is 90.2 Å². The molecule has 0 amide bonds. The lowest BCUT2D eigenvalue weighted by Crippen LogP contribution is -2.45. The highest BCUT2D eigenvalue weighted by atomic mass is 79.9. The van der Waals surface area contributed by atoms with Crippen molar-refractivity contribution in [1.29, 1.82) is 0 Å². The molecule has 6 rings (SSSR count). The van der Waals surface area contributed by atoms with Crippen LogP contribution in [-0.2, 0) is 6.42 Å². The van der Waals surface area contributed by atoms with E-state index in [1.165, 1.54) is 55.8 Å². The smallest absolute Gasteiger partial charge is 0.108 e. The SMILES string of the molecule is CC1=C(C)C2C(=C1c1ccccc1)c1cc([Si](C)(C)C3=Cc4ccccc4C3)c(C)cc1N2Br. The highest BCUT2D eigenvalue weighted by Crippen LogP contribution is 2.54. The van der Waals surface area contributed by atoms with Crippen LogP contribution in [0.1, 0.15) is 41.7 Å². The van der Waals surface area contributed by atoms with E-state index >= 15 is 0 Å². The summed E-state index contributed by atoms with van der Waals surface area (Å²) in [4.78, 5) is 0.